The summed E-state index contributed by atoms with van der Waals surface area (Å²) in [5.41, 5.74) is 0. The first-order valence-electron chi connectivity index (χ1n) is 9.48. The van der Waals surface area contributed by atoms with E-state index in [0.29, 0.717) is 0 Å². The van der Waals surface area contributed by atoms with E-state index in [2.05, 4.69) is 51.9 Å². The molecule has 3 aromatic carbocycles. The van der Waals surface area contributed by atoms with Gasteiger partial charge in [-0.2, -0.15) is 0 Å². The van der Waals surface area contributed by atoms with Gasteiger partial charge in [0.15, 0.2) is 0 Å². The zero-order chi connectivity index (χ0) is 20.8. The molecule has 29 heavy (non-hydrogen) atoms. The molecule has 0 atom stereocenters. The van der Waals surface area contributed by atoms with Crippen LogP contribution >= 0.6 is 20.8 Å². The van der Waals surface area contributed by atoms with Gasteiger partial charge in [-0.1, -0.05) is 0 Å². The summed E-state index contributed by atoms with van der Waals surface area (Å²) in [5, 5.41) is 10.6. The third kappa shape index (κ3) is 4.31. The maximum absolute atomic E-state index is 13.1. The van der Waals surface area contributed by atoms with E-state index < -0.39 is 5.31 Å². The van der Waals surface area contributed by atoms with Crippen LogP contribution in [0.5, 0.6) is 0 Å². The molecule has 4 nitrogen and oxygen atoms in total. The Morgan fingerprint density at radius 3 is 1.52 bits per heavy atom. The molecular formula is C23H23BrNO3P. The molecule has 0 aliphatic rings. The minimum absolute atomic E-state index is 0.0259. The average Bonchev–Trinajstić information content (AvgIpc) is 2.75. The molecule has 150 valence electrons. The van der Waals surface area contributed by atoms with Crippen molar-refractivity contribution in [3.05, 3.63) is 101 Å². The number of halogens is 1. The molecule has 0 N–H and O–H groups in total. The summed E-state index contributed by atoms with van der Waals surface area (Å²) in [6.07, 6.45) is 0.724. The fraction of sp³-hybridized carbons (Fsp3) is 0.174. The fourth-order valence-electron chi connectivity index (χ4n) is 3.75. The van der Waals surface area contributed by atoms with E-state index in [9.17, 15) is 14.9 Å². The summed E-state index contributed by atoms with van der Waals surface area (Å²) in [5.74, 6) is 0.0259. The van der Waals surface area contributed by atoms with Gasteiger partial charge in [0.25, 0.3) is 0 Å². The van der Waals surface area contributed by atoms with Crippen LogP contribution in [0, 0.1) is 10.1 Å². The van der Waals surface area contributed by atoms with Crippen molar-refractivity contribution < 1.29 is 9.72 Å². The van der Waals surface area contributed by atoms with Crippen LogP contribution in [0.2, 0.25) is 0 Å². The van der Waals surface area contributed by atoms with Gasteiger partial charge in [0.05, 0.1) is 0 Å². The Bertz CT molecular complexity index is 881. The number of Topliss-reactive ketones (excluding diaryl/α,β-unsaturated/α-hetero) is 1. The summed E-state index contributed by atoms with van der Waals surface area (Å²) in [6.45, 7) is -0.188. The molecule has 0 spiro atoms. The predicted octanol–water partition coefficient (Wildman–Crippen LogP) is 4.45. The van der Waals surface area contributed by atoms with Crippen molar-refractivity contribution in [2.45, 2.75) is 12.8 Å². The van der Waals surface area contributed by atoms with Crippen molar-refractivity contribution in [2.75, 3.05) is 12.7 Å². The van der Waals surface area contributed by atoms with E-state index in [-0.39, 0.29) is 36.3 Å². The zero-order valence-corrected chi connectivity index (χ0v) is 18.5. The number of nitrogens with zero attached hydrogens (tertiary/aromatic N) is 1. The third-order valence-corrected chi connectivity index (χ3v) is 14.7. The van der Waals surface area contributed by atoms with Gasteiger partial charge in [-0.15, -0.1) is 0 Å². The number of ketones is 1. The second-order valence-electron chi connectivity index (χ2n) is 7.05. The number of carbonyl (C=O) groups excluding carboxylic acids is 1. The normalized spacial score (nSPS) is 12.7. The summed E-state index contributed by atoms with van der Waals surface area (Å²) < 4.78 is 0. The van der Waals surface area contributed by atoms with Crippen molar-refractivity contribution >= 4 is 42.5 Å². The van der Waals surface area contributed by atoms with E-state index in [1.807, 2.05) is 54.6 Å². The van der Waals surface area contributed by atoms with Gasteiger partial charge in [-0.3, -0.25) is 0 Å². The Kier molecular flexibility index (Phi) is 6.61. The van der Waals surface area contributed by atoms with Crippen molar-refractivity contribution in [3.63, 3.8) is 0 Å². The van der Waals surface area contributed by atoms with Gasteiger partial charge in [0, 0.05) is 0 Å². The molecule has 3 rings (SSSR count). The van der Waals surface area contributed by atoms with E-state index in [4.69, 9.17) is 0 Å². The van der Waals surface area contributed by atoms with Gasteiger partial charge in [0.1, 0.15) is 0 Å². The molecule has 0 bridgehead atoms. The van der Waals surface area contributed by atoms with Gasteiger partial charge < -0.3 is 0 Å². The maximum atomic E-state index is 13.1. The minimum atomic E-state index is -3.29. The molecule has 0 aromatic heterocycles. The van der Waals surface area contributed by atoms with Crippen LogP contribution in [0.25, 0.3) is 0 Å². The summed E-state index contributed by atoms with van der Waals surface area (Å²) in [7, 11) is 0. The van der Waals surface area contributed by atoms with Gasteiger partial charge in [-0.05, 0) is 0 Å². The second-order valence-corrected chi connectivity index (χ2v) is 16.0. The first-order chi connectivity index (χ1) is 13.9. The summed E-state index contributed by atoms with van der Waals surface area (Å²) >= 11 is 4.21. The zero-order valence-electron chi connectivity index (χ0n) is 16.0. The van der Waals surface area contributed by atoms with Crippen LogP contribution < -0.4 is 15.9 Å². The topological polar surface area (TPSA) is 60.2 Å². The van der Waals surface area contributed by atoms with Crippen LogP contribution in [0.1, 0.15) is 12.8 Å². The quantitative estimate of drug-likeness (QED) is 0.263. The van der Waals surface area contributed by atoms with Gasteiger partial charge >= 0.3 is 179 Å². The Hall–Kier alpha value is -2.36. The Morgan fingerprint density at radius 2 is 1.17 bits per heavy atom. The fourth-order valence-corrected chi connectivity index (χ4v) is 11.4. The van der Waals surface area contributed by atoms with Crippen molar-refractivity contribution in [2.24, 2.45) is 0 Å². The molecule has 0 aliphatic carbocycles. The van der Waals surface area contributed by atoms with Crippen LogP contribution in [0.3, 0.4) is 0 Å². The molecule has 0 amide bonds. The molecular weight excluding hydrogens is 449 g/mol. The van der Waals surface area contributed by atoms with Crippen LogP contribution in [0.15, 0.2) is 91.0 Å². The molecule has 3 aromatic rings. The average molecular weight is 472 g/mol. The van der Waals surface area contributed by atoms with Crippen molar-refractivity contribution in [1.29, 1.82) is 0 Å². The third-order valence-electron chi connectivity index (χ3n) is 5.15. The molecule has 0 saturated carbocycles. The van der Waals surface area contributed by atoms with E-state index in [0.717, 1.165) is 15.9 Å². The van der Waals surface area contributed by atoms with Crippen molar-refractivity contribution in [3.8, 4) is 0 Å². The monoisotopic (exact) mass is 471 g/mol. The number of benzene rings is 3. The van der Waals surface area contributed by atoms with E-state index >= 15 is 0 Å². The Morgan fingerprint density at radius 1 is 0.793 bits per heavy atom. The molecule has 0 saturated heterocycles. The Balaban J connectivity index is 2.19. The number of rotatable bonds is 9. The molecule has 0 aliphatic heterocycles. The predicted molar refractivity (Wildman–Crippen MR) is 125 cm³/mol. The molecule has 0 unspecified atom stereocenters. The summed E-state index contributed by atoms with van der Waals surface area (Å²) in [6, 6.07) is 30.2. The van der Waals surface area contributed by atoms with Crippen LogP contribution in [-0.4, -0.2) is 23.4 Å². The van der Waals surface area contributed by atoms with Crippen LogP contribution in [0.4, 0.5) is 0 Å². The SMILES string of the molecule is O=C(CCC[N+](=O)[O-])CP(Br)(c1ccccc1)(c1ccccc1)c1ccccc1. The standard InChI is InChI=1S/C23H23BrNO3P/c24-29(21-12-4-1-5-13-21,22-14-6-2-7-15-22,23-16-8-3-9-17-23)19-20(26)11-10-18-25(27)28/h1-9,12-17H,10-11,18-19H2. The molecule has 0 radical (unpaired) electrons. The number of carbonyl (C=O) groups is 1. The number of hydrogen-bond donors (Lipinski definition) is 0. The van der Waals surface area contributed by atoms with Crippen LogP contribution in [-0.2, 0) is 4.79 Å². The first kappa shape index (κ1) is 21.4. The molecule has 0 heterocycles. The van der Waals surface area contributed by atoms with Gasteiger partial charge in [0.2, 0.25) is 0 Å². The first-order valence-corrected chi connectivity index (χ1v) is 13.9. The molecule has 6 heteroatoms. The Labute approximate surface area is 178 Å². The summed E-state index contributed by atoms with van der Waals surface area (Å²) in [4.78, 5) is 23.5. The number of hydrogen-bond acceptors (Lipinski definition) is 3. The molecule has 0 fully saturated rings. The second kappa shape index (κ2) is 8.98. The van der Waals surface area contributed by atoms with E-state index in [1.54, 1.807) is 0 Å². The van der Waals surface area contributed by atoms with Crippen molar-refractivity contribution in [1.82, 2.24) is 0 Å². The van der Waals surface area contributed by atoms with Gasteiger partial charge in [-0.25, -0.2) is 0 Å². The number of nitro groups is 1. The van der Waals surface area contributed by atoms with E-state index in [1.165, 1.54) is 0 Å².